The van der Waals surface area contributed by atoms with E-state index in [2.05, 4.69) is 40.5 Å². The molecule has 0 bridgehead atoms. The zero-order valence-electron chi connectivity index (χ0n) is 15.5. The summed E-state index contributed by atoms with van der Waals surface area (Å²) in [5, 5.41) is 3.88. The lowest BCUT2D eigenvalue weighted by molar-refractivity contribution is 0.0860. The van der Waals surface area contributed by atoms with Gasteiger partial charge in [0.15, 0.2) is 0 Å². The molecule has 2 saturated heterocycles. The van der Waals surface area contributed by atoms with E-state index in [0.717, 1.165) is 19.2 Å². The molecule has 1 aromatic rings. The van der Waals surface area contributed by atoms with Crippen LogP contribution in [0.25, 0.3) is 0 Å². The van der Waals surface area contributed by atoms with Crippen LogP contribution in [0.3, 0.4) is 0 Å². The molecular weight excluding hydrogens is 308 g/mol. The largest absolute Gasteiger partial charge is 0.373 e. The SMILES string of the molecule is c1ccc([C@H]2OCC[C@@H]2CNC2CCN(C3CCCCC3)CC2)cc1. The maximum atomic E-state index is 6.04. The zero-order valence-corrected chi connectivity index (χ0v) is 15.5. The Balaban J connectivity index is 1.22. The molecule has 1 aliphatic carbocycles. The van der Waals surface area contributed by atoms with Crippen LogP contribution in [0.1, 0.15) is 63.0 Å². The first-order valence-corrected chi connectivity index (χ1v) is 10.5. The van der Waals surface area contributed by atoms with Crippen molar-refractivity contribution >= 4 is 0 Å². The molecule has 0 amide bonds. The van der Waals surface area contributed by atoms with Gasteiger partial charge in [-0.15, -0.1) is 0 Å². The fourth-order valence-corrected chi connectivity index (χ4v) is 5.09. The third kappa shape index (κ3) is 4.45. The Bertz CT molecular complexity index is 506. The number of hydrogen-bond donors (Lipinski definition) is 1. The minimum atomic E-state index is 0.288. The standard InChI is InChI=1S/C22H34N2O/c1-3-7-18(8-4-1)22-19(13-16-25-22)17-23-20-11-14-24(15-12-20)21-9-5-2-6-10-21/h1,3-4,7-8,19-23H,2,5-6,9-17H2/t19-,22-/m1/s1. The highest BCUT2D eigenvalue weighted by molar-refractivity contribution is 5.19. The van der Waals surface area contributed by atoms with Crippen molar-refractivity contribution in [1.29, 1.82) is 0 Å². The fraction of sp³-hybridized carbons (Fsp3) is 0.727. The molecule has 3 nitrogen and oxygen atoms in total. The summed E-state index contributed by atoms with van der Waals surface area (Å²) in [6, 6.07) is 12.4. The quantitative estimate of drug-likeness (QED) is 0.870. The topological polar surface area (TPSA) is 24.5 Å². The highest BCUT2D eigenvalue weighted by Gasteiger charge is 2.31. The van der Waals surface area contributed by atoms with Gasteiger partial charge in [0.25, 0.3) is 0 Å². The maximum absolute atomic E-state index is 6.04. The van der Waals surface area contributed by atoms with E-state index in [-0.39, 0.29) is 6.10 Å². The number of nitrogens with one attached hydrogen (secondary N) is 1. The molecular formula is C22H34N2O. The number of likely N-dealkylation sites (tertiary alicyclic amines) is 1. The molecule has 0 aromatic heterocycles. The lowest BCUT2D eigenvalue weighted by Gasteiger charge is -2.39. The van der Waals surface area contributed by atoms with Crippen LogP contribution in [-0.4, -0.2) is 43.2 Å². The van der Waals surface area contributed by atoms with Gasteiger partial charge in [0.2, 0.25) is 0 Å². The Hall–Kier alpha value is -0.900. The summed E-state index contributed by atoms with van der Waals surface area (Å²) >= 11 is 0. The van der Waals surface area contributed by atoms with Crippen LogP contribution in [0.4, 0.5) is 0 Å². The average Bonchev–Trinajstić information content (AvgIpc) is 3.17. The van der Waals surface area contributed by atoms with Crippen molar-refractivity contribution in [1.82, 2.24) is 10.2 Å². The summed E-state index contributed by atoms with van der Waals surface area (Å²) in [6.07, 6.45) is 11.4. The van der Waals surface area contributed by atoms with Crippen LogP contribution in [0.15, 0.2) is 30.3 Å². The normalized spacial score (nSPS) is 29.9. The molecule has 1 saturated carbocycles. The Labute approximate surface area is 153 Å². The highest BCUT2D eigenvalue weighted by Crippen LogP contribution is 2.34. The van der Waals surface area contributed by atoms with Gasteiger partial charge < -0.3 is 15.0 Å². The summed E-state index contributed by atoms with van der Waals surface area (Å²) in [6.45, 7) is 4.61. The van der Waals surface area contributed by atoms with Gasteiger partial charge in [0.1, 0.15) is 0 Å². The van der Waals surface area contributed by atoms with Crippen LogP contribution in [0.5, 0.6) is 0 Å². The van der Waals surface area contributed by atoms with Crippen molar-refractivity contribution in [3.63, 3.8) is 0 Å². The summed E-state index contributed by atoms with van der Waals surface area (Å²) in [4.78, 5) is 2.78. The van der Waals surface area contributed by atoms with Gasteiger partial charge in [-0.2, -0.15) is 0 Å². The van der Waals surface area contributed by atoms with E-state index in [1.54, 1.807) is 0 Å². The second kappa shape index (κ2) is 8.66. The molecule has 3 fully saturated rings. The Morgan fingerprint density at radius 1 is 0.920 bits per heavy atom. The monoisotopic (exact) mass is 342 g/mol. The summed E-state index contributed by atoms with van der Waals surface area (Å²) in [5.74, 6) is 0.624. The molecule has 2 aliphatic heterocycles. The molecule has 0 radical (unpaired) electrons. The number of nitrogens with zero attached hydrogens (tertiary/aromatic N) is 1. The molecule has 4 rings (SSSR count). The van der Waals surface area contributed by atoms with Gasteiger partial charge in [-0.1, -0.05) is 49.6 Å². The number of ether oxygens (including phenoxy) is 1. The smallest absolute Gasteiger partial charge is 0.0866 e. The van der Waals surface area contributed by atoms with Crippen molar-refractivity contribution in [2.45, 2.75) is 69.6 Å². The van der Waals surface area contributed by atoms with E-state index in [9.17, 15) is 0 Å². The number of piperidine rings is 1. The Morgan fingerprint density at radius 2 is 1.68 bits per heavy atom. The van der Waals surface area contributed by atoms with Crippen LogP contribution in [0.2, 0.25) is 0 Å². The lowest BCUT2D eigenvalue weighted by Crippen LogP contribution is -2.48. The molecule has 1 N–H and O–H groups in total. The molecule has 138 valence electrons. The lowest BCUT2D eigenvalue weighted by atomic mass is 9.91. The first kappa shape index (κ1) is 17.5. The third-order valence-corrected chi connectivity index (χ3v) is 6.63. The molecule has 1 aromatic carbocycles. The van der Waals surface area contributed by atoms with Crippen molar-refractivity contribution in [3.05, 3.63) is 35.9 Å². The fourth-order valence-electron chi connectivity index (χ4n) is 5.09. The first-order valence-electron chi connectivity index (χ1n) is 10.5. The van der Waals surface area contributed by atoms with E-state index in [1.165, 1.54) is 70.0 Å². The molecule has 2 atom stereocenters. The molecule has 2 heterocycles. The van der Waals surface area contributed by atoms with Crippen molar-refractivity contribution in [2.75, 3.05) is 26.2 Å². The van der Waals surface area contributed by atoms with E-state index >= 15 is 0 Å². The van der Waals surface area contributed by atoms with Gasteiger partial charge in [-0.3, -0.25) is 0 Å². The number of hydrogen-bond acceptors (Lipinski definition) is 3. The summed E-state index contributed by atoms with van der Waals surface area (Å²) in [5.41, 5.74) is 1.35. The van der Waals surface area contributed by atoms with Gasteiger partial charge in [-0.05, 0) is 50.8 Å². The second-order valence-corrected chi connectivity index (χ2v) is 8.26. The molecule has 0 unspecified atom stereocenters. The molecule has 3 aliphatic rings. The van der Waals surface area contributed by atoms with Crippen molar-refractivity contribution in [2.24, 2.45) is 5.92 Å². The van der Waals surface area contributed by atoms with Crippen molar-refractivity contribution in [3.8, 4) is 0 Å². The van der Waals surface area contributed by atoms with Crippen molar-refractivity contribution < 1.29 is 4.74 Å². The highest BCUT2D eigenvalue weighted by atomic mass is 16.5. The zero-order chi connectivity index (χ0) is 16.9. The summed E-state index contributed by atoms with van der Waals surface area (Å²) in [7, 11) is 0. The minimum Gasteiger partial charge on any atom is -0.373 e. The molecule has 0 spiro atoms. The second-order valence-electron chi connectivity index (χ2n) is 8.26. The van der Waals surface area contributed by atoms with Gasteiger partial charge in [0, 0.05) is 31.2 Å². The van der Waals surface area contributed by atoms with E-state index in [0.29, 0.717) is 12.0 Å². The van der Waals surface area contributed by atoms with E-state index < -0.39 is 0 Å². The average molecular weight is 343 g/mol. The predicted molar refractivity (Wildman–Crippen MR) is 103 cm³/mol. The van der Waals surface area contributed by atoms with Crippen LogP contribution in [-0.2, 0) is 4.74 Å². The summed E-state index contributed by atoms with van der Waals surface area (Å²) < 4.78 is 6.04. The first-order chi connectivity index (χ1) is 12.4. The molecule has 3 heteroatoms. The Morgan fingerprint density at radius 3 is 2.44 bits per heavy atom. The van der Waals surface area contributed by atoms with Crippen LogP contribution >= 0.6 is 0 Å². The third-order valence-electron chi connectivity index (χ3n) is 6.63. The number of benzene rings is 1. The van der Waals surface area contributed by atoms with E-state index in [4.69, 9.17) is 4.74 Å². The van der Waals surface area contributed by atoms with Gasteiger partial charge >= 0.3 is 0 Å². The predicted octanol–water partition coefficient (Wildman–Crippen LogP) is 4.15. The minimum absolute atomic E-state index is 0.288. The number of rotatable bonds is 5. The van der Waals surface area contributed by atoms with Gasteiger partial charge in [0.05, 0.1) is 6.10 Å². The van der Waals surface area contributed by atoms with Gasteiger partial charge in [-0.25, -0.2) is 0 Å². The Kier molecular flexibility index (Phi) is 6.06. The van der Waals surface area contributed by atoms with Crippen LogP contribution in [0, 0.1) is 5.92 Å². The molecule has 25 heavy (non-hydrogen) atoms. The van der Waals surface area contributed by atoms with E-state index in [1.807, 2.05) is 0 Å². The maximum Gasteiger partial charge on any atom is 0.0866 e. The van der Waals surface area contributed by atoms with Crippen LogP contribution < -0.4 is 5.32 Å².